The number of H-pyrrole nitrogens is 1. The molecule has 1 unspecified atom stereocenters. The predicted molar refractivity (Wildman–Crippen MR) is 60.5 cm³/mol. The minimum Gasteiger partial charge on any atom is -0.306 e. The van der Waals surface area contributed by atoms with Crippen LogP contribution in [0, 0.1) is 5.41 Å². The first-order chi connectivity index (χ1) is 7.16. The summed E-state index contributed by atoms with van der Waals surface area (Å²) in [5, 5.41) is 17.3. The molecule has 0 bridgehead atoms. The molecule has 0 aromatic carbocycles. The van der Waals surface area contributed by atoms with Crippen LogP contribution in [0.1, 0.15) is 26.1 Å². The Bertz CT molecular complexity index is 297. The zero-order valence-electron chi connectivity index (χ0n) is 9.16. The molecule has 0 aliphatic carbocycles. The van der Waals surface area contributed by atoms with Gasteiger partial charge in [0.05, 0.1) is 6.54 Å². The number of aromatic nitrogens is 4. The maximum absolute atomic E-state index is 3.92. The van der Waals surface area contributed by atoms with Crippen molar-refractivity contribution in [2.75, 3.05) is 11.5 Å². The van der Waals surface area contributed by atoms with Crippen LogP contribution in [0.25, 0.3) is 0 Å². The van der Waals surface area contributed by atoms with E-state index in [9.17, 15) is 0 Å². The molecule has 2 N–H and O–H groups in total. The Labute approximate surface area is 93.8 Å². The number of aromatic amines is 1. The zero-order valence-corrected chi connectivity index (χ0v) is 9.97. The first kappa shape index (κ1) is 10.9. The average Bonchev–Trinajstić information content (AvgIpc) is 2.65. The molecule has 0 radical (unpaired) electrons. The Hall–Kier alpha value is -0.620. The summed E-state index contributed by atoms with van der Waals surface area (Å²) in [6.07, 6.45) is 1.22. The van der Waals surface area contributed by atoms with Crippen LogP contribution in [0.15, 0.2) is 0 Å². The third-order valence-corrected chi connectivity index (χ3v) is 4.17. The van der Waals surface area contributed by atoms with E-state index >= 15 is 0 Å². The molecule has 1 atom stereocenters. The molecular weight excluding hydrogens is 210 g/mol. The molecule has 1 aromatic heterocycles. The smallest absolute Gasteiger partial charge is 0.188 e. The second-order valence-corrected chi connectivity index (χ2v) is 5.82. The van der Waals surface area contributed by atoms with Crippen molar-refractivity contribution in [3.05, 3.63) is 5.82 Å². The minimum absolute atomic E-state index is 0.442. The van der Waals surface area contributed by atoms with Gasteiger partial charge >= 0.3 is 0 Å². The Balaban J connectivity index is 1.80. The summed E-state index contributed by atoms with van der Waals surface area (Å²) in [5.41, 5.74) is 0.442. The SMILES string of the molecule is CC1(C)CSCC(NCc2nn[nH]n2)C1. The fourth-order valence-electron chi connectivity index (χ4n) is 1.89. The van der Waals surface area contributed by atoms with Crippen molar-refractivity contribution in [2.45, 2.75) is 32.9 Å². The van der Waals surface area contributed by atoms with Crippen molar-refractivity contribution < 1.29 is 0 Å². The van der Waals surface area contributed by atoms with E-state index in [0.29, 0.717) is 18.0 Å². The third-order valence-electron chi connectivity index (χ3n) is 2.55. The quantitative estimate of drug-likeness (QED) is 0.800. The van der Waals surface area contributed by atoms with Gasteiger partial charge in [0.25, 0.3) is 0 Å². The number of hydrogen-bond donors (Lipinski definition) is 2. The number of thioether (sulfide) groups is 1. The highest BCUT2D eigenvalue weighted by atomic mass is 32.2. The molecule has 15 heavy (non-hydrogen) atoms. The normalized spacial score (nSPS) is 25.3. The molecule has 0 saturated carbocycles. The number of rotatable bonds is 3. The highest BCUT2D eigenvalue weighted by Crippen LogP contribution is 2.33. The standard InChI is InChI=1S/C9H17N5S/c1-9(2)3-7(5-15-6-9)10-4-8-11-13-14-12-8/h7,10H,3-6H2,1-2H3,(H,11,12,13,14). The zero-order chi connectivity index (χ0) is 10.7. The Morgan fingerprint density at radius 1 is 1.60 bits per heavy atom. The van der Waals surface area contributed by atoms with E-state index in [0.717, 1.165) is 5.82 Å². The van der Waals surface area contributed by atoms with Gasteiger partial charge in [0.15, 0.2) is 5.82 Å². The molecular formula is C9H17N5S. The van der Waals surface area contributed by atoms with Crippen LogP contribution in [0.4, 0.5) is 0 Å². The summed E-state index contributed by atoms with van der Waals surface area (Å²) in [6.45, 7) is 5.35. The van der Waals surface area contributed by atoms with Gasteiger partial charge in [0.2, 0.25) is 0 Å². The molecule has 0 spiro atoms. The lowest BCUT2D eigenvalue weighted by Gasteiger charge is -2.35. The van der Waals surface area contributed by atoms with Crippen molar-refractivity contribution in [2.24, 2.45) is 5.41 Å². The van der Waals surface area contributed by atoms with Crippen molar-refractivity contribution in [1.82, 2.24) is 25.9 Å². The van der Waals surface area contributed by atoms with Crippen LogP contribution in [-0.2, 0) is 6.54 Å². The molecule has 84 valence electrons. The van der Waals surface area contributed by atoms with Crippen LogP contribution in [0.3, 0.4) is 0 Å². The molecule has 2 heterocycles. The van der Waals surface area contributed by atoms with Crippen LogP contribution in [-0.4, -0.2) is 38.2 Å². The van der Waals surface area contributed by atoms with E-state index in [-0.39, 0.29) is 0 Å². The molecule has 1 saturated heterocycles. The summed E-state index contributed by atoms with van der Waals surface area (Å²) in [5.74, 6) is 3.18. The molecule has 6 heteroatoms. The fourth-order valence-corrected chi connectivity index (χ4v) is 3.19. The first-order valence-corrected chi connectivity index (χ1v) is 6.35. The van der Waals surface area contributed by atoms with E-state index in [2.05, 4.69) is 39.8 Å². The molecule has 2 rings (SSSR count). The molecule has 5 nitrogen and oxygen atoms in total. The van der Waals surface area contributed by atoms with E-state index < -0.39 is 0 Å². The van der Waals surface area contributed by atoms with Crippen LogP contribution < -0.4 is 5.32 Å². The van der Waals surface area contributed by atoms with E-state index in [4.69, 9.17) is 0 Å². The summed E-state index contributed by atoms with van der Waals surface area (Å²) < 4.78 is 0. The van der Waals surface area contributed by atoms with Gasteiger partial charge in [0.1, 0.15) is 0 Å². The molecule has 1 aromatic rings. The Morgan fingerprint density at radius 2 is 2.47 bits per heavy atom. The van der Waals surface area contributed by atoms with Crippen molar-refractivity contribution in [3.63, 3.8) is 0 Å². The highest BCUT2D eigenvalue weighted by Gasteiger charge is 2.28. The van der Waals surface area contributed by atoms with Crippen LogP contribution in [0.2, 0.25) is 0 Å². The maximum atomic E-state index is 3.92. The summed E-state index contributed by atoms with van der Waals surface area (Å²) in [4.78, 5) is 0. The molecule has 0 amide bonds. The summed E-state index contributed by atoms with van der Waals surface area (Å²) in [6, 6.07) is 0.567. The van der Waals surface area contributed by atoms with Gasteiger partial charge in [-0.25, -0.2) is 0 Å². The van der Waals surface area contributed by atoms with Crippen molar-refractivity contribution in [3.8, 4) is 0 Å². The number of hydrogen-bond acceptors (Lipinski definition) is 5. The second-order valence-electron chi connectivity index (χ2n) is 4.79. The lowest BCUT2D eigenvalue weighted by molar-refractivity contribution is 0.316. The third kappa shape index (κ3) is 3.17. The van der Waals surface area contributed by atoms with Crippen LogP contribution in [0.5, 0.6) is 0 Å². The number of tetrazole rings is 1. The van der Waals surface area contributed by atoms with Crippen LogP contribution >= 0.6 is 11.8 Å². The van der Waals surface area contributed by atoms with Crippen molar-refractivity contribution >= 4 is 11.8 Å². The minimum atomic E-state index is 0.442. The van der Waals surface area contributed by atoms with Crippen molar-refractivity contribution in [1.29, 1.82) is 0 Å². The largest absolute Gasteiger partial charge is 0.306 e. The topological polar surface area (TPSA) is 66.5 Å². The molecule has 1 aliphatic rings. The maximum Gasteiger partial charge on any atom is 0.188 e. The van der Waals surface area contributed by atoms with Gasteiger partial charge in [-0.05, 0) is 17.6 Å². The first-order valence-electron chi connectivity index (χ1n) is 5.19. The number of nitrogens with one attached hydrogen (secondary N) is 2. The van der Waals surface area contributed by atoms with Gasteiger partial charge in [-0.15, -0.1) is 10.2 Å². The van der Waals surface area contributed by atoms with E-state index in [1.807, 2.05) is 11.8 Å². The van der Waals surface area contributed by atoms with Gasteiger partial charge in [0, 0.05) is 11.8 Å². The van der Waals surface area contributed by atoms with Gasteiger partial charge in [-0.3, -0.25) is 0 Å². The summed E-state index contributed by atoms with van der Waals surface area (Å²) >= 11 is 2.02. The van der Waals surface area contributed by atoms with Gasteiger partial charge in [-0.1, -0.05) is 19.1 Å². The Kier molecular flexibility index (Phi) is 3.25. The lowest BCUT2D eigenvalue weighted by Crippen LogP contribution is -2.40. The van der Waals surface area contributed by atoms with Gasteiger partial charge < -0.3 is 5.32 Å². The van der Waals surface area contributed by atoms with Gasteiger partial charge in [-0.2, -0.15) is 17.0 Å². The fraction of sp³-hybridized carbons (Fsp3) is 0.889. The average molecular weight is 227 g/mol. The van der Waals surface area contributed by atoms with E-state index in [1.54, 1.807) is 0 Å². The van der Waals surface area contributed by atoms with E-state index in [1.165, 1.54) is 17.9 Å². The second kappa shape index (κ2) is 4.49. The molecule has 1 fully saturated rings. The summed E-state index contributed by atoms with van der Waals surface area (Å²) in [7, 11) is 0. The monoisotopic (exact) mass is 227 g/mol. The molecule has 1 aliphatic heterocycles. The Morgan fingerprint density at radius 3 is 3.13 bits per heavy atom. The highest BCUT2D eigenvalue weighted by molar-refractivity contribution is 7.99. The lowest BCUT2D eigenvalue weighted by atomic mass is 9.88. The predicted octanol–water partition coefficient (Wildman–Crippen LogP) is 0.821. The number of nitrogens with zero attached hydrogens (tertiary/aromatic N) is 3.